The van der Waals surface area contributed by atoms with Gasteiger partial charge in [0.05, 0.1) is 0 Å². The first-order chi connectivity index (χ1) is 8.49. The molecule has 0 spiro atoms. The Kier molecular flexibility index (Phi) is 6.29. The summed E-state index contributed by atoms with van der Waals surface area (Å²) in [5, 5.41) is 8.66. The number of rotatable bonds is 7. The van der Waals surface area contributed by atoms with Gasteiger partial charge in [0.1, 0.15) is 0 Å². The van der Waals surface area contributed by atoms with Crippen molar-refractivity contribution in [2.24, 2.45) is 0 Å². The fraction of sp³-hybridized carbons (Fsp3) is 0.538. The molecule has 0 aliphatic carbocycles. The van der Waals surface area contributed by atoms with Crippen LogP contribution in [0.25, 0.3) is 0 Å². The van der Waals surface area contributed by atoms with E-state index in [2.05, 4.69) is 39.7 Å². The number of aliphatic carboxylic acids is 1. The molecule has 4 nitrogen and oxygen atoms in total. The summed E-state index contributed by atoms with van der Waals surface area (Å²) in [6, 6.07) is 2.43. The van der Waals surface area contributed by atoms with E-state index >= 15 is 0 Å². The van der Waals surface area contributed by atoms with Crippen molar-refractivity contribution in [3.05, 3.63) is 28.5 Å². The number of carbonyl (C=O) groups is 1. The SMILES string of the molecule is CC(C)N(CCCC(=O)O)Cc1cncc(Br)c1. The van der Waals surface area contributed by atoms with Crippen LogP contribution in [0.1, 0.15) is 32.3 Å². The first kappa shape index (κ1) is 15.1. The van der Waals surface area contributed by atoms with Crippen LogP contribution in [0.3, 0.4) is 0 Å². The van der Waals surface area contributed by atoms with E-state index in [1.165, 1.54) is 0 Å². The van der Waals surface area contributed by atoms with E-state index in [9.17, 15) is 4.79 Å². The third kappa shape index (κ3) is 5.60. The average Bonchev–Trinajstić information content (AvgIpc) is 2.27. The van der Waals surface area contributed by atoms with E-state index in [1.54, 1.807) is 6.20 Å². The zero-order valence-electron chi connectivity index (χ0n) is 10.8. The van der Waals surface area contributed by atoms with Crippen LogP contribution in [0.2, 0.25) is 0 Å². The number of nitrogens with zero attached hydrogens (tertiary/aromatic N) is 2. The summed E-state index contributed by atoms with van der Waals surface area (Å²) in [6.07, 6.45) is 4.50. The van der Waals surface area contributed by atoms with Crippen molar-refractivity contribution in [3.8, 4) is 0 Å². The summed E-state index contributed by atoms with van der Waals surface area (Å²) in [5.74, 6) is -0.733. The second-order valence-electron chi connectivity index (χ2n) is 4.57. The monoisotopic (exact) mass is 314 g/mol. The van der Waals surface area contributed by atoms with Crippen molar-refractivity contribution in [2.75, 3.05) is 6.54 Å². The second-order valence-corrected chi connectivity index (χ2v) is 5.49. The lowest BCUT2D eigenvalue weighted by Gasteiger charge is -2.26. The van der Waals surface area contributed by atoms with Crippen LogP contribution in [-0.2, 0) is 11.3 Å². The number of hydrogen-bond acceptors (Lipinski definition) is 3. The van der Waals surface area contributed by atoms with Gasteiger partial charge in [-0.1, -0.05) is 0 Å². The summed E-state index contributed by atoms with van der Waals surface area (Å²) in [5.41, 5.74) is 1.13. The van der Waals surface area contributed by atoms with Gasteiger partial charge >= 0.3 is 5.97 Å². The predicted molar refractivity (Wildman–Crippen MR) is 74.4 cm³/mol. The van der Waals surface area contributed by atoms with Gasteiger partial charge in [-0.15, -0.1) is 0 Å². The summed E-state index contributed by atoms with van der Waals surface area (Å²) in [6.45, 7) is 5.82. The van der Waals surface area contributed by atoms with Crippen LogP contribution < -0.4 is 0 Å². The molecule has 1 heterocycles. The van der Waals surface area contributed by atoms with E-state index in [0.717, 1.165) is 23.1 Å². The van der Waals surface area contributed by atoms with Crippen LogP contribution >= 0.6 is 15.9 Å². The third-order valence-corrected chi connectivity index (χ3v) is 3.15. The highest BCUT2D eigenvalue weighted by Gasteiger charge is 2.11. The summed E-state index contributed by atoms with van der Waals surface area (Å²) in [7, 11) is 0. The van der Waals surface area contributed by atoms with Crippen LogP contribution in [0, 0.1) is 0 Å². The Bertz CT molecular complexity index is 396. The quantitative estimate of drug-likeness (QED) is 0.840. The number of carboxylic acid groups (broad SMARTS) is 1. The Labute approximate surface area is 116 Å². The molecule has 1 aromatic rings. The van der Waals surface area contributed by atoms with E-state index in [4.69, 9.17) is 5.11 Å². The Morgan fingerprint density at radius 2 is 2.22 bits per heavy atom. The molecule has 0 fully saturated rings. The molecule has 0 saturated heterocycles. The topological polar surface area (TPSA) is 53.4 Å². The van der Waals surface area contributed by atoms with Crippen molar-refractivity contribution in [1.82, 2.24) is 9.88 Å². The molecule has 0 unspecified atom stereocenters. The minimum atomic E-state index is -0.733. The van der Waals surface area contributed by atoms with E-state index in [1.807, 2.05) is 12.3 Å². The second kappa shape index (κ2) is 7.48. The molecule has 1 rings (SSSR count). The Hall–Kier alpha value is -0.940. The molecule has 1 N–H and O–H groups in total. The van der Waals surface area contributed by atoms with Crippen LogP contribution in [-0.4, -0.2) is 33.5 Å². The maximum atomic E-state index is 10.5. The van der Waals surface area contributed by atoms with Crippen molar-refractivity contribution in [1.29, 1.82) is 0 Å². The number of carboxylic acids is 1. The number of pyridine rings is 1. The van der Waals surface area contributed by atoms with Gasteiger partial charge in [0.2, 0.25) is 0 Å². The summed E-state index contributed by atoms with van der Waals surface area (Å²) >= 11 is 3.40. The molecule has 0 amide bonds. The van der Waals surface area contributed by atoms with E-state index in [0.29, 0.717) is 12.5 Å². The molecule has 18 heavy (non-hydrogen) atoms. The largest absolute Gasteiger partial charge is 0.481 e. The summed E-state index contributed by atoms with van der Waals surface area (Å²) in [4.78, 5) is 16.9. The van der Waals surface area contributed by atoms with Crippen LogP contribution in [0.15, 0.2) is 22.9 Å². The molecular weight excluding hydrogens is 296 g/mol. The molecular formula is C13H19BrN2O2. The maximum absolute atomic E-state index is 10.5. The molecule has 0 aromatic carbocycles. The molecule has 5 heteroatoms. The standard InChI is InChI=1S/C13H19BrN2O2/c1-10(2)16(5-3-4-13(17)18)9-11-6-12(14)8-15-7-11/h6-8,10H,3-5,9H2,1-2H3,(H,17,18). The highest BCUT2D eigenvalue weighted by molar-refractivity contribution is 9.10. The molecule has 0 bridgehead atoms. The van der Waals surface area contributed by atoms with E-state index in [-0.39, 0.29) is 6.42 Å². The average molecular weight is 315 g/mol. The van der Waals surface area contributed by atoms with Crippen LogP contribution in [0.5, 0.6) is 0 Å². The third-order valence-electron chi connectivity index (χ3n) is 2.71. The zero-order chi connectivity index (χ0) is 13.5. The van der Waals surface area contributed by atoms with Gasteiger partial charge in [-0.25, -0.2) is 0 Å². The van der Waals surface area contributed by atoms with Gasteiger partial charge in [0.15, 0.2) is 0 Å². The fourth-order valence-electron chi connectivity index (χ4n) is 1.73. The van der Waals surface area contributed by atoms with Gasteiger partial charge in [0.25, 0.3) is 0 Å². The Morgan fingerprint density at radius 1 is 1.50 bits per heavy atom. The highest BCUT2D eigenvalue weighted by atomic mass is 79.9. The number of halogens is 1. The van der Waals surface area contributed by atoms with Gasteiger partial charge in [0, 0.05) is 35.9 Å². The normalized spacial score (nSPS) is 11.2. The van der Waals surface area contributed by atoms with Crippen molar-refractivity contribution in [3.63, 3.8) is 0 Å². The maximum Gasteiger partial charge on any atom is 0.303 e. The Morgan fingerprint density at radius 3 is 2.78 bits per heavy atom. The molecule has 0 aliphatic rings. The minimum absolute atomic E-state index is 0.222. The van der Waals surface area contributed by atoms with Gasteiger partial charge in [-0.3, -0.25) is 14.7 Å². The van der Waals surface area contributed by atoms with E-state index < -0.39 is 5.97 Å². The lowest BCUT2D eigenvalue weighted by molar-refractivity contribution is -0.137. The number of hydrogen-bond donors (Lipinski definition) is 1. The Balaban J connectivity index is 2.54. The molecule has 0 saturated carbocycles. The lowest BCUT2D eigenvalue weighted by atomic mass is 10.2. The van der Waals surface area contributed by atoms with Crippen molar-refractivity contribution < 1.29 is 9.90 Å². The predicted octanol–water partition coefficient (Wildman–Crippen LogP) is 2.92. The molecule has 0 atom stereocenters. The summed E-state index contributed by atoms with van der Waals surface area (Å²) < 4.78 is 0.967. The first-order valence-corrected chi connectivity index (χ1v) is 6.83. The van der Waals surface area contributed by atoms with Crippen LogP contribution in [0.4, 0.5) is 0 Å². The fourth-order valence-corrected chi connectivity index (χ4v) is 2.14. The molecule has 0 radical (unpaired) electrons. The van der Waals surface area contributed by atoms with Crippen molar-refractivity contribution in [2.45, 2.75) is 39.3 Å². The molecule has 100 valence electrons. The van der Waals surface area contributed by atoms with Gasteiger partial charge < -0.3 is 5.11 Å². The number of aromatic nitrogens is 1. The minimum Gasteiger partial charge on any atom is -0.481 e. The first-order valence-electron chi connectivity index (χ1n) is 6.04. The highest BCUT2D eigenvalue weighted by Crippen LogP contribution is 2.13. The zero-order valence-corrected chi connectivity index (χ0v) is 12.4. The van der Waals surface area contributed by atoms with Gasteiger partial charge in [-0.05, 0) is 54.4 Å². The van der Waals surface area contributed by atoms with Crippen molar-refractivity contribution >= 4 is 21.9 Å². The smallest absolute Gasteiger partial charge is 0.303 e. The lowest BCUT2D eigenvalue weighted by Crippen LogP contribution is -2.31. The molecule has 0 aliphatic heterocycles. The van der Waals surface area contributed by atoms with Gasteiger partial charge in [-0.2, -0.15) is 0 Å². The molecule has 1 aromatic heterocycles.